The Balaban J connectivity index is 1.86. The molecule has 5 nitrogen and oxygen atoms in total. The standard InChI is InChI=1S/C24H21F2N3O2/c1-31-23-17(24(30)29-14-16-5-3-2-4-6-16)9-12-21(28)22(23)20(27)11-8-15-7-10-18(25)19(26)13-15/h2-13,27H,14,28H2,1H3,(H,29,30)/p+1/b11-8+,27-20?. The molecule has 0 spiro atoms. The number of benzene rings is 3. The molecule has 7 heteroatoms. The lowest BCUT2D eigenvalue weighted by atomic mass is 10.0. The predicted molar refractivity (Wildman–Crippen MR) is 116 cm³/mol. The molecular weight excluding hydrogens is 400 g/mol. The highest BCUT2D eigenvalue weighted by molar-refractivity contribution is 6.14. The Kier molecular flexibility index (Phi) is 6.77. The van der Waals surface area contributed by atoms with E-state index in [0.29, 0.717) is 23.4 Å². The number of nitrogens with one attached hydrogen (secondary N) is 1. The molecule has 31 heavy (non-hydrogen) atoms. The van der Waals surface area contributed by atoms with Crippen LogP contribution in [0.15, 0.2) is 66.7 Å². The van der Waals surface area contributed by atoms with Crippen LogP contribution in [0.4, 0.5) is 14.5 Å². The molecule has 0 bridgehead atoms. The molecule has 0 heterocycles. The fourth-order valence-electron chi connectivity index (χ4n) is 3.05. The van der Waals surface area contributed by atoms with Crippen LogP contribution in [0.2, 0.25) is 0 Å². The first-order valence-electron chi connectivity index (χ1n) is 9.45. The van der Waals surface area contributed by atoms with Crippen LogP contribution in [-0.2, 0) is 6.54 Å². The third-order valence-electron chi connectivity index (χ3n) is 4.62. The van der Waals surface area contributed by atoms with E-state index in [1.165, 1.54) is 25.3 Å². The van der Waals surface area contributed by atoms with Crippen molar-refractivity contribution in [3.8, 4) is 5.75 Å². The molecule has 1 amide bonds. The quantitative estimate of drug-likeness (QED) is 0.404. The lowest BCUT2D eigenvalue weighted by Crippen LogP contribution is -2.40. The predicted octanol–water partition coefficient (Wildman–Crippen LogP) is 2.75. The van der Waals surface area contributed by atoms with Gasteiger partial charge in [0.05, 0.1) is 12.7 Å². The van der Waals surface area contributed by atoms with Gasteiger partial charge in [0.25, 0.3) is 5.91 Å². The lowest BCUT2D eigenvalue weighted by molar-refractivity contribution is -0.111. The van der Waals surface area contributed by atoms with Crippen molar-refractivity contribution in [1.82, 2.24) is 5.32 Å². The normalized spacial score (nSPS) is 10.8. The molecule has 0 radical (unpaired) electrons. The van der Waals surface area contributed by atoms with Crippen LogP contribution in [0.5, 0.6) is 5.75 Å². The van der Waals surface area contributed by atoms with Crippen LogP contribution in [-0.4, -0.2) is 18.7 Å². The highest BCUT2D eigenvalue weighted by atomic mass is 19.2. The first kappa shape index (κ1) is 21.7. The number of nitrogens with two attached hydrogens (primary N) is 2. The van der Waals surface area contributed by atoms with Gasteiger partial charge < -0.3 is 15.8 Å². The van der Waals surface area contributed by atoms with E-state index in [1.807, 2.05) is 30.3 Å². The van der Waals surface area contributed by atoms with Gasteiger partial charge in [0, 0.05) is 18.3 Å². The van der Waals surface area contributed by atoms with Gasteiger partial charge in [-0.2, -0.15) is 0 Å². The number of hydrogen-bond donors (Lipinski definition) is 3. The Labute approximate surface area is 178 Å². The number of ether oxygens (including phenoxy) is 1. The Bertz CT molecular complexity index is 1150. The average Bonchev–Trinajstić information content (AvgIpc) is 2.78. The largest absolute Gasteiger partial charge is 0.495 e. The smallest absolute Gasteiger partial charge is 0.255 e. The molecule has 3 rings (SSSR count). The summed E-state index contributed by atoms with van der Waals surface area (Å²) in [5.74, 6) is -2.03. The number of carbonyl (C=O) groups excluding carboxylic acids is 1. The molecule has 0 saturated carbocycles. The Morgan fingerprint density at radius 2 is 1.84 bits per heavy atom. The minimum atomic E-state index is -0.963. The number of nitrogen functional groups attached to an aromatic ring is 1. The second-order valence-corrected chi connectivity index (χ2v) is 6.74. The van der Waals surface area contributed by atoms with Crippen LogP contribution in [0.1, 0.15) is 27.0 Å². The summed E-state index contributed by atoms with van der Waals surface area (Å²) in [6, 6.07) is 16.1. The molecule has 0 atom stereocenters. The number of allylic oxidation sites excluding steroid dienone is 1. The van der Waals surface area contributed by atoms with Crippen LogP contribution < -0.4 is 21.2 Å². The Morgan fingerprint density at radius 3 is 2.52 bits per heavy atom. The van der Waals surface area contributed by atoms with E-state index in [9.17, 15) is 13.6 Å². The number of rotatable bonds is 7. The first-order valence-corrected chi connectivity index (χ1v) is 9.45. The third-order valence-corrected chi connectivity index (χ3v) is 4.62. The molecule has 0 unspecified atom stereocenters. The van der Waals surface area contributed by atoms with Crippen molar-refractivity contribution < 1.29 is 23.7 Å². The Hall–Kier alpha value is -4.00. The molecule has 0 saturated heterocycles. The fourth-order valence-corrected chi connectivity index (χ4v) is 3.05. The van der Waals surface area contributed by atoms with Gasteiger partial charge in [-0.05, 0) is 41.5 Å². The lowest BCUT2D eigenvalue weighted by Gasteiger charge is -2.14. The Morgan fingerprint density at radius 1 is 1.10 bits per heavy atom. The van der Waals surface area contributed by atoms with Crippen molar-refractivity contribution in [2.24, 2.45) is 0 Å². The van der Waals surface area contributed by atoms with Crippen LogP contribution in [0.3, 0.4) is 0 Å². The second-order valence-electron chi connectivity index (χ2n) is 6.74. The second kappa shape index (κ2) is 9.67. The number of anilines is 1. The molecule has 158 valence electrons. The molecule has 0 aliphatic rings. The minimum Gasteiger partial charge on any atom is -0.495 e. The van der Waals surface area contributed by atoms with E-state index in [4.69, 9.17) is 15.9 Å². The van der Waals surface area contributed by atoms with Gasteiger partial charge in [0.2, 0.25) is 5.71 Å². The molecule has 0 fully saturated rings. The van der Waals surface area contributed by atoms with Gasteiger partial charge in [0.1, 0.15) is 11.3 Å². The molecule has 0 aliphatic carbocycles. The number of amides is 1. The van der Waals surface area contributed by atoms with Crippen molar-refractivity contribution in [1.29, 1.82) is 0 Å². The van der Waals surface area contributed by atoms with E-state index in [1.54, 1.807) is 12.1 Å². The average molecular weight is 422 g/mol. The van der Waals surface area contributed by atoms with Gasteiger partial charge in [-0.25, -0.2) is 8.78 Å². The highest BCUT2D eigenvalue weighted by Crippen LogP contribution is 2.29. The SMILES string of the molecule is COc1c(C(=O)NCc2ccccc2)ccc(N)c1C(=[NH2+])/C=C/c1ccc(F)c(F)c1. The number of carbonyl (C=O) groups is 1. The monoisotopic (exact) mass is 422 g/mol. The van der Waals surface area contributed by atoms with Crippen molar-refractivity contribution in [3.05, 3.63) is 101 Å². The van der Waals surface area contributed by atoms with Gasteiger partial charge in [0.15, 0.2) is 11.6 Å². The van der Waals surface area contributed by atoms with Gasteiger partial charge in [-0.3, -0.25) is 10.2 Å². The van der Waals surface area contributed by atoms with E-state index in [0.717, 1.165) is 17.7 Å². The number of hydrogen-bond acceptors (Lipinski definition) is 3. The minimum absolute atomic E-state index is 0.205. The van der Waals surface area contributed by atoms with Crippen LogP contribution in [0, 0.1) is 11.6 Å². The summed E-state index contributed by atoms with van der Waals surface area (Å²) in [6.07, 6.45) is 3.01. The molecule has 0 aliphatic heterocycles. The van der Waals surface area contributed by atoms with Gasteiger partial charge in [-0.15, -0.1) is 0 Å². The number of methoxy groups -OCH3 is 1. The summed E-state index contributed by atoms with van der Waals surface area (Å²) in [4.78, 5) is 12.8. The van der Waals surface area contributed by atoms with Gasteiger partial charge >= 0.3 is 0 Å². The van der Waals surface area contributed by atoms with E-state index in [-0.39, 0.29) is 22.9 Å². The van der Waals surface area contributed by atoms with Crippen molar-refractivity contribution >= 4 is 23.4 Å². The summed E-state index contributed by atoms with van der Waals surface area (Å²) in [5.41, 5.74) is 8.58. The summed E-state index contributed by atoms with van der Waals surface area (Å²) in [6.45, 7) is 0.345. The zero-order valence-corrected chi connectivity index (χ0v) is 16.9. The molecule has 0 aromatic heterocycles. The number of halogens is 2. The topological polar surface area (TPSA) is 89.9 Å². The first-order chi connectivity index (χ1) is 14.9. The highest BCUT2D eigenvalue weighted by Gasteiger charge is 2.22. The van der Waals surface area contributed by atoms with Crippen LogP contribution >= 0.6 is 0 Å². The summed E-state index contributed by atoms with van der Waals surface area (Å²) in [5, 5.41) is 9.03. The maximum absolute atomic E-state index is 13.4. The van der Waals surface area contributed by atoms with Crippen LogP contribution in [0.25, 0.3) is 6.08 Å². The molecule has 5 N–H and O–H groups in total. The van der Waals surface area contributed by atoms with E-state index < -0.39 is 11.6 Å². The fraction of sp³-hybridized carbons (Fsp3) is 0.0833. The zero-order chi connectivity index (χ0) is 22.4. The molecule has 3 aromatic rings. The maximum atomic E-state index is 13.4. The zero-order valence-electron chi connectivity index (χ0n) is 16.9. The summed E-state index contributed by atoms with van der Waals surface area (Å²) >= 11 is 0. The van der Waals surface area contributed by atoms with E-state index in [2.05, 4.69) is 5.32 Å². The summed E-state index contributed by atoms with van der Waals surface area (Å²) < 4.78 is 32.0. The van der Waals surface area contributed by atoms with Crippen molar-refractivity contribution in [2.75, 3.05) is 12.8 Å². The third kappa shape index (κ3) is 5.14. The summed E-state index contributed by atoms with van der Waals surface area (Å²) in [7, 11) is 1.42. The van der Waals surface area contributed by atoms with Crippen molar-refractivity contribution in [2.45, 2.75) is 6.54 Å². The van der Waals surface area contributed by atoms with E-state index >= 15 is 0 Å². The van der Waals surface area contributed by atoms with Gasteiger partial charge in [-0.1, -0.05) is 36.4 Å². The molecular formula is C24H22F2N3O2+. The van der Waals surface area contributed by atoms with Crippen molar-refractivity contribution in [3.63, 3.8) is 0 Å². The molecule has 3 aromatic carbocycles. The maximum Gasteiger partial charge on any atom is 0.255 e.